The zero-order valence-corrected chi connectivity index (χ0v) is 13.5. The van der Waals surface area contributed by atoms with Crippen molar-refractivity contribution in [2.75, 3.05) is 16.8 Å². The molecular weight excluding hydrogens is 308 g/mol. The third-order valence-electron chi connectivity index (χ3n) is 2.44. The molecule has 0 aromatic heterocycles. The van der Waals surface area contributed by atoms with Crippen LogP contribution in [0.1, 0.15) is 13.3 Å². The van der Waals surface area contributed by atoms with Gasteiger partial charge in [-0.05, 0) is 42.2 Å². The highest BCUT2D eigenvalue weighted by molar-refractivity contribution is 8.23. The molecule has 0 unspecified atom stereocenters. The Bertz CT molecular complexity index is 553. The molecule has 0 saturated carbocycles. The van der Waals surface area contributed by atoms with Crippen LogP contribution in [0.2, 0.25) is 0 Å². The highest BCUT2D eigenvalue weighted by atomic mass is 32.2. The van der Waals surface area contributed by atoms with E-state index in [0.717, 1.165) is 31.2 Å². The number of anilines is 1. The topological polar surface area (TPSA) is 52.9 Å². The minimum Gasteiger partial charge on any atom is -0.326 e. The fourth-order valence-corrected chi connectivity index (χ4v) is 5.16. The largest absolute Gasteiger partial charge is 0.326 e. The highest BCUT2D eigenvalue weighted by Gasteiger charge is 2.13. The summed E-state index contributed by atoms with van der Waals surface area (Å²) in [4.78, 5) is 12.7. The van der Waals surface area contributed by atoms with Gasteiger partial charge in [-0.2, -0.15) is 5.26 Å². The molecule has 1 aliphatic heterocycles. The number of thioether (sulfide) groups is 3. The Morgan fingerprint density at radius 2 is 1.95 bits per heavy atom. The van der Waals surface area contributed by atoms with Gasteiger partial charge in [0.15, 0.2) is 0 Å². The third-order valence-corrected chi connectivity index (χ3v) is 6.33. The van der Waals surface area contributed by atoms with Crippen molar-refractivity contribution >= 4 is 46.9 Å². The summed E-state index contributed by atoms with van der Waals surface area (Å²) in [5.74, 6) is 2.10. The first-order valence-electron chi connectivity index (χ1n) is 6.14. The normalized spacial score (nSPS) is 14.5. The van der Waals surface area contributed by atoms with Gasteiger partial charge in [0.05, 0.1) is 4.24 Å². The summed E-state index contributed by atoms with van der Waals surface area (Å²) in [6.07, 6.45) is 1.20. The summed E-state index contributed by atoms with van der Waals surface area (Å²) < 4.78 is 1.13. The molecule has 0 bridgehead atoms. The zero-order valence-electron chi connectivity index (χ0n) is 11.0. The molecule has 1 aliphatic rings. The van der Waals surface area contributed by atoms with Gasteiger partial charge in [-0.1, -0.05) is 11.8 Å². The Kier molecular flexibility index (Phi) is 5.89. The van der Waals surface area contributed by atoms with Gasteiger partial charge in [0, 0.05) is 17.5 Å². The number of hydrogen-bond donors (Lipinski definition) is 1. The average Bonchev–Trinajstić information content (AvgIpc) is 2.47. The minimum absolute atomic E-state index is 0.0831. The van der Waals surface area contributed by atoms with E-state index in [-0.39, 0.29) is 5.91 Å². The summed E-state index contributed by atoms with van der Waals surface area (Å²) in [7, 11) is 0. The van der Waals surface area contributed by atoms with Gasteiger partial charge in [-0.15, -0.1) is 23.5 Å². The molecule has 104 valence electrons. The predicted molar refractivity (Wildman–Crippen MR) is 88.8 cm³/mol. The van der Waals surface area contributed by atoms with Gasteiger partial charge in [0.2, 0.25) is 5.91 Å². The van der Waals surface area contributed by atoms with Gasteiger partial charge in [0.25, 0.3) is 0 Å². The monoisotopic (exact) mass is 322 g/mol. The van der Waals surface area contributed by atoms with E-state index in [0.29, 0.717) is 0 Å². The number of rotatable bonds is 3. The zero-order chi connectivity index (χ0) is 14.4. The number of carbonyl (C=O) groups is 1. The molecule has 1 saturated heterocycles. The van der Waals surface area contributed by atoms with E-state index in [2.05, 4.69) is 11.4 Å². The summed E-state index contributed by atoms with van der Waals surface area (Å²) in [5, 5.41) is 12.0. The van der Waals surface area contributed by atoms with Crippen molar-refractivity contribution in [2.24, 2.45) is 0 Å². The van der Waals surface area contributed by atoms with Crippen LogP contribution in [0.4, 0.5) is 5.69 Å². The SMILES string of the molecule is CC(=O)Nc1ccc(SC(C#N)=C2SCCCS2)cc1. The van der Waals surface area contributed by atoms with Crippen molar-refractivity contribution in [1.29, 1.82) is 5.26 Å². The minimum atomic E-state index is -0.0831. The standard InChI is InChI=1S/C14H14N2OS3/c1-10(17)16-11-3-5-12(6-4-11)20-13(9-15)14-18-7-2-8-19-14/h3-6H,2,7-8H2,1H3,(H,16,17). The molecule has 6 heteroatoms. The van der Waals surface area contributed by atoms with E-state index in [1.807, 2.05) is 24.3 Å². The van der Waals surface area contributed by atoms with Crippen molar-refractivity contribution in [3.63, 3.8) is 0 Å². The molecule has 2 rings (SSSR count). The van der Waals surface area contributed by atoms with E-state index in [4.69, 9.17) is 0 Å². The molecule has 0 aliphatic carbocycles. The van der Waals surface area contributed by atoms with Gasteiger partial charge in [-0.3, -0.25) is 4.79 Å². The van der Waals surface area contributed by atoms with Crippen LogP contribution >= 0.6 is 35.3 Å². The van der Waals surface area contributed by atoms with E-state index in [9.17, 15) is 10.1 Å². The van der Waals surface area contributed by atoms with Crippen LogP contribution in [0, 0.1) is 11.3 Å². The molecule has 1 N–H and O–H groups in total. The van der Waals surface area contributed by atoms with Crippen LogP contribution in [-0.2, 0) is 4.79 Å². The maximum absolute atomic E-state index is 11.0. The van der Waals surface area contributed by atoms with Gasteiger partial charge in [-0.25, -0.2) is 0 Å². The number of hydrogen-bond acceptors (Lipinski definition) is 5. The molecule has 0 atom stereocenters. The Morgan fingerprint density at radius 3 is 2.50 bits per heavy atom. The molecule has 20 heavy (non-hydrogen) atoms. The third kappa shape index (κ3) is 4.51. The molecule has 1 amide bonds. The van der Waals surface area contributed by atoms with Crippen LogP contribution in [-0.4, -0.2) is 17.4 Å². The van der Waals surface area contributed by atoms with Crippen molar-refractivity contribution in [1.82, 2.24) is 0 Å². The fraction of sp³-hybridized carbons (Fsp3) is 0.286. The summed E-state index contributed by atoms with van der Waals surface area (Å²) >= 11 is 5.02. The highest BCUT2D eigenvalue weighted by Crippen LogP contribution is 2.42. The number of carbonyl (C=O) groups excluding carboxylic acids is 1. The first-order chi connectivity index (χ1) is 9.69. The second kappa shape index (κ2) is 7.67. The predicted octanol–water partition coefficient (Wildman–Crippen LogP) is 4.30. The van der Waals surface area contributed by atoms with Crippen molar-refractivity contribution in [3.8, 4) is 6.07 Å². The Balaban J connectivity index is 2.08. The maximum atomic E-state index is 11.0. The quantitative estimate of drug-likeness (QED) is 0.664. The van der Waals surface area contributed by atoms with E-state index >= 15 is 0 Å². The van der Waals surface area contributed by atoms with Crippen LogP contribution < -0.4 is 5.32 Å². The van der Waals surface area contributed by atoms with Crippen LogP contribution in [0.3, 0.4) is 0 Å². The van der Waals surface area contributed by atoms with Gasteiger partial charge < -0.3 is 5.32 Å². The molecule has 0 spiro atoms. The number of benzene rings is 1. The van der Waals surface area contributed by atoms with E-state index < -0.39 is 0 Å². The fourth-order valence-electron chi connectivity index (χ4n) is 1.60. The smallest absolute Gasteiger partial charge is 0.221 e. The Labute approximate surface area is 131 Å². The summed E-state index contributed by atoms with van der Waals surface area (Å²) in [5.41, 5.74) is 0.773. The van der Waals surface area contributed by atoms with Crippen molar-refractivity contribution in [2.45, 2.75) is 18.2 Å². The summed E-state index contributed by atoms with van der Waals surface area (Å²) in [6, 6.07) is 9.85. The van der Waals surface area contributed by atoms with Crippen LogP contribution in [0.5, 0.6) is 0 Å². The molecule has 1 aromatic carbocycles. The van der Waals surface area contributed by atoms with Crippen LogP contribution in [0.15, 0.2) is 38.3 Å². The van der Waals surface area contributed by atoms with Crippen molar-refractivity contribution in [3.05, 3.63) is 33.4 Å². The lowest BCUT2D eigenvalue weighted by Gasteiger charge is -2.14. The lowest BCUT2D eigenvalue weighted by Crippen LogP contribution is -2.05. The Morgan fingerprint density at radius 1 is 1.30 bits per heavy atom. The number of nitrogens with one attached hydrogen (secondary N) is 1. The Hall–Kier alpha value is -1.03. The second-order valence-corrected chi connectivity index (χ2v) is 7.64. The lowest BCUT2D eigenvalue weighted by molar-refractivity contribution is -0.114. The van der Waals surface area contributed by atoms with E-state index in [1.165, 1.54) is 25.1 Å². The molecule has 1 aromatic rings. The maximum Gasteiger partial charge on any atom is 0.221 e. The molecule has 1 fully saturated rings. The molecule has 1 heterocycles. The molecule has 0 radical (unpaired) electrons. The lowest BCUT2D eigenvalue weighted by atomic mass is 10.3. The second-order valence-electron chi connectivity index (χ2n) is 4.09. The van der Waals surface area contributed by atoms with Crippen LogP contribution in [0.25, 0.3) is 0 Å². The number of amides is 1. The molecule has 3 nitrogen and oxygen atoms in total. The summed E-state index contributed by atoms with van der Waals surface area (Å²) in [6.45, 7) is 1.48. The first-order valence-corrected chi connectivity index (χ1v) is 8.93. The van der Waals surface area contributed by atoms with Gasteiger partial charge >= 0.3 is 0 Å². The number of allylic oxidation sites excluding steroid dienone is 1. The number of nitriles is 1. The van der Waals surface area contributed by atoms with E-state index in [1.54, 1.807) is 23.5 Å². The number of nitrogens with zero attached hydrogens (tertiary/aromatic N) is 1. The van der Waals surface area contributed by atoms with Gasteiger partial charge in [0.1, 0.15) is 11.0 Å². The van der Waals surface area contributed by atoms with Crippen molar-refractivity contribution < 1.29 is 4.79 Å². The first kappa shape index (κ1) is 15.4. The average molecular weight is 322 g/mol. The molecular formula is C14H14N2OS3.